The van der Waals surface area contributed by atoms with E-state index < -0.39 is 0 Å². The quantitative estimate of drug-likeness (QED) is 0.906. The lowest BCUT2D eigenvalue weighted by Crippen LogP contribution is -2.47. The van der Waals surface area contributed by atoms with E-state index in [-0.39, 0.29) is 0 Å². The third-order valence-corrected chi connectivity index (χ3v) is 3.83. The number of anilines is 2. The van der Waals surface area contributed by atoms with Crippen molar-refractivity contribution < 1.29 is 0 Å². The highest BCUT2D eigenvalue weighted by Crippen LogP contribution is 2.29. The van der Waals surface area contributed by atoms with Gasteiger partial charge in [-0.25, -0.2) is 4.98 Å². The Morgan fingerprint density at radius 2 is 1.95 bits per heavy atom. The van der Waals surface area contributed by atoms with E-state index in [1.165, 1.54) is 5.56 Å². The summed E-state index contributed by atoms with van der Waals surface area (Å²) in [6, 6.07) is 14.7. The van der Waals surface area contributed by atoms with Crippen LogP contribution in [0.4, 0.5) is 11.5 Å². The molecule has 0 amide bonds. The predicted molar refractivity (Wildman–Crippen MR) is 82.7 cm³/mol. The second-order valence-electron chi connectivity index (χ2n) is 5.33. The van der Waals surface area contributed by atoms with E-state index in [1.807, 2.05) is 12.1 Å². The Balaban J connectivity index is 1.95. The molecule has 1 aliphatic rings. The number of hydrogen-bond donors (Lipinski definition) is 1. The molecule has 104 valence electrons. The lowest BCUT2D eigenvalue weighted by atomic mass is 10.0. The fraction of sp³-hybridized carbons (Fsp3) is 0.312. The molecule has 4 nitrogen and oxygen atoms in total. The first-order valence-electron chi connectivity index (χ1n) is 6.96. The van der Waals surface area contributed by atoms with Gasteiger partial charge >= 0.3 is 0 Å². The number of nitrogens with zero attached hydrogens (tertiary/aromatic N) is 3. The summed E-state index contributed by atoms with van der Waals surface area (Å²) in [7, 11) is 2.17. The number of aromatic nitrogens is 1. The van der Waals surface area contributed by atoms with Gasteiger partial charge in [-0.05, 0) is 18.7 Å². The molecule has 2 N–H and O–H groups in total. The van der Waals surface area contributed by atoms with Gasteiger partial charge < -0.3 is 15.5 Å². The number of rotatable bonds is 2. The lowest BCUT2D eigenvalue weighted by Gasteiger charge is -2.41. The normalized spacial score (nSPS) is 20.1. The SMILES string of the molecule is CN1CCN(c2cc(N)ccn2)C(c2ccccc2)C1. The number of nitrogens with two attached hydrogens (primary N) is 1. The van der Waals surface area contributed by atoms with Gasteiger partial charge in [0.1, 0.15) is 5.82 Å². The third-order valence-electron chi connectivity index (χ3n) is 3.83. The van der Waals surface area contributed by atoms with E-state index in [0.29, 0.717) is 6.04 Å². The van der Waals surface area contributed by atoms with Crippen LogP contribution in [0.5, 0.6) is 0 Å². The van der Waals surface area contributed by atoms with Crippen LogP contribution < -0.4 is 10.6 Å². The smallest absolute Gasteiger partial charge is 0.131 e. The van der Waals surface area contributed by atoms with Crippen molar-refractivity contribution in [2.75, 3.05) is 37.3 Å². The summed E-state index contributed by atoms with van der Waals surface area (Å²) >= 11 is 0. The minimum absolute atomic E-state index is 0.323. The number of hydrogen-bond acceptors (Lipinski definition) is 4. The summed E-state index contributed by atoms with van der Waals surface area (Å²) in [5, 5.41) is 0. The largest absolute Gasteiger partial charge is 0.399 e. The van der Waals surface area contributed by atoms with Crippen molar-refractivity contribution >= 4 is 11.5 Å². The minimum atomic E-state index is 0.323. The molecule has 0 radical (unpaired) electrons. The molecule has 2 heterocycles. The van der Waals surface area contributed by atoms with Gasteiger partial charge in [0.25, 0.3) is 0 Å². The first-order chi connectivity index (χ1) is 9.74. The minimum Gasteiger partial charge on any atom is -0.399 e. The molecule has 20 heavy (non-hydrogen) atoms. The summed E-state index contributed by atoms with van der Waals surface area (Å²) in [6.45, 7) is 3.01. The Labute approximate surface area is 119 Å². The number of pyridine rings is 1. The van der Waals surface area contributed by atoms with Crippen LogP contribution in [0.1, 0.15) is 11.6 Å². The van der Waals surface area contributed by atoms with E-state index in [2.05, 4.69) is 52.2 Å². The van der Waals surface area contributed by atoms with Crippen LogP contribution in [0.2, 0.25) is 0 Å². The second-order valence-corrected chi connectivity index (χ2v) is 5.33. The number of nitrogen functional groups attached to an aromatic ring is 1. The van der Waals surface area contributed by atoms with Crippen LogP contribution in [-0.2, 0) is 0 Å². The van der Waals surface area contributed by atoms with E-state index in [9.17, 15) is 0 Å². The zero-order chi connectivity index (χ0) is 13.9. The Hall–Kier alpha value is -2.07. The molecule has 1 aromatic heterocycles. The lowest BCUT2D eigenvalue weighted by molar-refractivity contribution is 0.268. The van der Waals surface area contributed by atoms with E-state index in [1.54, 1.807) is 6.20 Å². The third kappa shape index (κ3) is 2.60. The molecule has 2 aromatic rings. The van der Waals surface area contributed by atoms with E-state index in [4.69, 9.17) is 5.73 Å². The van der Waals surface area contributed by atoms with E-state index >= 15 is 0 Å². The van der Waals surface area contributed by atoms with E-state index in [0.717, 1.165) is 31.1 Å². The molecule has 0 spiro atoms. The van der Waals surface area contributed by atoms with Gasteiger partial charge in [0.05, 0.1) is 6.04 Å². The highest BCUT2D eigenvalue weighted by atomic mass is 15.3. The Morgan fingerprint density at radius 1 is 1.15 bits per heavy atom. The Morgan fingerprint density at radius 3 is 2.70 bits per heavy atom. The highest BCUT2D eigenvalue weighted by molar-refractivity contribution is 5.52. The van der Waals surface area contributed by atoms with Gasteiger partial charge in [-0.3, -0.25) is 0 Å². The van der Waals surface area contributed by atoms with Crippen molar-refractivity contribution in [3.05, 3.63) is 54.2 Å². The van der Waals surface area contributed by atoms with Gasteiger partial charge in [0.15, 0.2) is 0 Å². The molecule has 0 aliphatic carbocycles. The Bertz CT molecular complexity index is 570. The van der Waals surface area contributed by atoms with Crippen molar-refractivity contribution in [1.82, 2.24) is 9.88 Å². The molecule has 1 atom stereocenters. The molecule has 0 bridgehead atoms. The van der Waals surface area contributed by atoms with Gasteiger partial charge in [-0.1, -0.05) is 30.3 Å². The van der Waals surface area contributed by atoms with Gasteiger partial charge in [0, 0.05) is 37.6 Å². The molecular formula is C16H20N4. The average molecular weight is 268 g/mol. The zero-order valence-electron chi connectivity index (χ0n) is 11.7. The molecular weight excluding hydrogens is 248 g/mol. The van der Waals surface area contributed by atoms with Crippen molar-refractivity contribution in [2.24, 2.45) is 0 Å². The highest BCUT2D eigenvalue weighted by Gasteiger charge is 2.27. The average Bonchev–Trinajstić information content (AvgIpc) is 2.48. The standard InChI is InChI=1S/C16H20N4/c1-19-9-10-20(16-11-14(17)7-8-18-16)15(12-19)13-5-3-2-4-6-13/h2-8,11,15H,9-10,12H2,1H3,(H2,17,18). The fourth-order valence-corrected chi connectivity index (χ4v) is 2.75. The summed E-state index contributed by atoms with van der Waals surface area (Å²) in [6.07, 6.45) is 1.78. The molecule has 1 aliphatic heterocycles. The van der Waals surface area contributed by atoms with Gasteiger partial charge in [-0.2, -0.15) is 0 Å². The summed E-state index contributed by atoms with van der Waals surface area (Å²) in [5.74, 6) is 0.965. The second kappa shape index (κ2) is 5.51. The number of likely N-dealkylation sites (N-methyl/N-ethyl adjacent to an activating group) is 1. The fourth-order valence-electron chi connectivity index (χ4n) is 2.75. The molecule has 1 aromatic carbocycles. The van der Waals surface area contributed by atoms with Crippen molar-refractivity contribution in [2.45, 2.75) is 6.04 Å². The molecule has 3 rings (SSSR count). The molecule has 1 fully saturated rings. The maximum atomic E-state index is 5.90. The molecule has 4 heteroatoms. The van der Waals surface area contributed by atoms with Crippen LogP contribution in [0, 0.1) is 0 Å². The summed E-state index contributed by atoms with van der Waals surface area (Å²) < 4.78 is 0. The number of benzene rings is 1. The van der Waals surface area contributed by atoms with Crippen molar-refractivity contribution in [3.8, 4) is 0 Å². The maximum Gasteiger partial charge on any atom is 0.131 e. The van der Waals surface area contributed by atoms with Crippen LogP contribution in [-0.4, -0.2) is 36.6 Å². The molecule has 0 saturated carbocycles. The monoisotopic (exact) mass is 268 g/mol. The molecule has 1 saturated heterocycles. The van der Waals surface area contributed by atoms with Crippen LogP contribution >= 0.6 is 0 Å². The summed E-state index contributed by atoms with van der Waals surface area (Å²) in [5.41, 5.74) is 7.99. The topological polar surface area (TPSA) is 45.4 Å². The van der Waals surface area contributed by atoms with Gasteiger partial charge in [-0.15, -0.1) is 0 Å². The van der Waals surface area contributed by atoms with Crippen LogP contribution in [0.15, 0.2) is 48.7 Å². The van der Waals surface area contributed by atoms with Crippen molar-refractivity contribution in [3.63, 3.8) is 0 Å². The van der Waals surface area contributed by atoms with Gasteiger partial charge in [0.2, 0.25) is 0 Å². The van der Waals surface area contributed by atoms with Crippen LogP contribution in [0.3, 0.4) is 0 Å². The Kier molecular flexibility index (Phi) is 3.56. The van der Waals surface area contributed by atoms with Crippen LogP contribution in [0.25, 0.3) is 0 Å². The maximum absolute atomic E-state index is 5.90. The first-order valence-corrected chi connectivity index (χ1v) is 6.96. The zero-order valence-corrected chi connectivity index (χ0v) is 11.7. The van der Waals surface area contributed by atoms with Crippen molar-refractivity contribution in [1.29, 1.82) is 0 Å². The molecule has 1 unspecified atom stereocenters. The number of piperazine rings is 1. The summed E-state index contributed by atoms with van der Waals surface area (Å²) in [4.78, 5) is 9.21. The first kappa shape index (κ1) is 12.9. The predicted octanol–water partition coefficient (Wildman–Crippen LogP) is 2.16.